The van der Waals surface area contributed by atoms with E-state index in [1.807, 2.05) is 0 Å². The Hall–Kier alpha value is -1.39. The van der Waals surface area contributed by atoms with Gasteiger partial charge in [-0.1, -0.05) is 96.8 Å². The topological polar surface area (TPSA) is 91.7 Å². The molecule has 0 aromatic rings. The molecule has 27 heavy (non-hydrogen) atoms. The Morgan fingerprint density at radius 1 is 0.630 bits per heavy atom. The van der Waals surface area contributed by atoms with Crippen LogP contribution in [0, 0.1) is 5.92 Å². The lowest BCUT2D eigenvalue weighted by Crippen LogP contribution is -2.26. The summed E-state index contributed by atoms with van der Waals surface area (Å²) in [6.07, 6.45) is 18.0. The van der Waals surface area contributed by atoms with Crippen molar-refractivity contribution < 1.29 is 24.6 Å². The second-order valence-corrected chi connectivity index (χ2v) is 7.65. The lowest BCUT2D eigenvalue weighted by Gasteiger charge is -2.08. The van der Waals surface area contributed by atoms with Crippen LogP contribution in [-0.2, 0) is 14.4 Å². The van der Waals surface area contributed by atoms with Gasteiger partial charge in [-0.2, -0.15) is 0 Å². The molecule has 0 saturated heterocycles. The summed E-state index contributed by atoms with van der Waals surface area (Å²) in [6, 6.07) is 0. The lowest BCUT2D eigenvalue weighted by molar-refractivity contribution is -0.152. The molecule has 0 spiro atoms. The van der Waals surface area contributed by atoms with Crippen molar-refractivity contribution in [3.8, 4) is 0 Å². The summed E-state index contributed by atoms with van der Waals surface area (Å²) >= 11 is 0. The first kappa shape index (κ1) is 25.6. The summed E-state index contributed by atoms with van der Waals surface area (Å²) in [5, 5.41) is 17.6. The van der Waals surface area contributed by atoms with Gasteiger partial charge in [0.1, 0.15) is 11.7 Å². The van der Waals surface area contributed by atoms with Crippen LogP contribution in [0.1, 0.15) is 116 Å². The first-order chi connectivity index (χ1) is 13.0. The number of carbonyl (C=O) groups is 3. The van der Waals surface area contributed by atoms with E-state index in [0.717, 1.165) is 19.3 Å². The summed E-state index contributed by atoms with van der Waals surface area (Å²) in [7, 11) is 0. The second-order valence-electron chi connectivity index (χ2n) is 7.65. The molecule has 0 saturated carbocycles. The number of carboxylic acid groups (broad SMARTS) is 2. The summed E-state index contributed by atoms with van der Waals surface area (Å²) in [6.45, 7) is 2.25. The van der Waals surface area contributed by atoms with E-state index in [1.165, 1.54) is 70.6 Å². The Labute approximate surface area is 164 Å². The van der Waals surface area contributed by atoms with Gasteiger partial charge in [0.25, 0.3) is 0 Å². The highest BCUT2D eigenvalue weighted by Gasteiger charge is 2.27. The zero-order valence-electron chi connectivity index (χ0n) is 17.2. The number of rotatable bonds is 20. The molecule has 0 bridgehead atoms. The first-order valence-electron chi connectivity index (χ1n) is 11.0. The van der Waals surface area contributed by atoms with Crippen LogP contribution in [0.25, 0.3) is 0 Å². The maximum Gasteiger partial charge on any atom is 0.314 e. The molecular weight excluding hydrogens is 344 g/mol. The number of aliphatic carboxylic acids is 2. The van der Waals surface area contributed by atoms with Crippen LogP contribution in [0.3, 0.4) is 0 Å². The third kappa shape index (κ3) is 16.5. The number of unbranched alkanes of at least 4 members (excludes halogenated alkanes) is 14. The highest BCUT2D eigenvalue weighted by Crippen LogP contribution is 2.15. The highest BCUT2D eigenvalue weighted by molar-refractivity contribution is 6.00. The van der Waals surface area contributed by atoms with Crippen LogP contribution >= 0.6 is 0 Å². The Balaban J connectivity index is 3.43. The van der Waals surface area contributed by atoms with E-state index in [-0.39, 0.29) is 6.42 Å². The molecular formula is C22H40O5. The Bertz CT molecular complexity index is 406. The monoisotopic (exact) mass is 384 g/mol. The minimum absolute atomic E-state index is 0.169. The summed E-state index contributed by atoms with van der Waals surface area (Å²) < 4.78 is 0. The Morgan fingerprint density at radius 2 is 1.00 bits per heavy atom. The SMILES string of the molecule is CCCCCCCCCCCCCCCCCC(=O)C(CC(=O)O)C(=O)O. The number of Topliss-reactive ketones (excluding diaryl/α,β-unsaturated/α-hetero) is 1. The minimum atomic E-state index is -1.39. The van der Waals surface area contributed by atoms with Crippen LogP contribution in [0.2, 0.25) is 0 Å². The fraction of sp³-hybridized carbons (Fsp3) is 0.864. The van der Waals surface area contributed by atoms with Crippen LogP contribution < -0.4 is 0 Å². The van der Waals surface area contributed by atoms with Gasteiger partial charge in [0.2, 0.25) is 0 Å². The molecule has 0 heterocycles. The van der Waals surface area contributed by atoms with E-state index in [9.17, 15) is 14.4 Å². The number of ketones is 1. The standard InChI is InChI=1S/C22H40O5/c1-2-3-4-5-6-7-8-9-10-11-12-13-14-15-16-17-20(23)19(22(26)27)18-21(24)25/h19H,2-18H2,1H3,(H,24,25)(H,26,27). The first-order valence-corrected chi connectivity index (χ1v) is 11.0. The van der Waals surface area contributed by atoms with E-state index in [2.05, 4.69) is 6.92 Å². The van der Waals surface area contributed by atoms with Crippen molar-refractivity contribution in [1.29, 1.82) is 0 Å². The molecule has 0 fully saturated rings. The van der Waals surface area contributed by atoms with Crippen LogP contribution in [0.5, 0.6) is 0 Å². The second kappa shape index (κ2) is 18.0. The largest absolute Gasteiger partial charge is 0.481 e. The Morgan fingerprint density at radius 3 is 1.33 bits per heavy atom. The van der Waals surface area contributed by atoms with Gasteiger partial charge in [-0.25, -0.2) is 0 Å². The van der Waals surface area contributed by atoms with Gasteiger partial charge < -0.3 is 10.2 Å². The van der Waals surface area contributed by atoms with Gasteiger partial charge >= 0.3 is 11.9 Å². The van der Waals surface area contributed by atoms with Gasteiger partial charge in [0.15, 0.2) is 0 Å². The predicted octanol–water partition coefficient (Wildman–Crippen LogP) is 5.99. The van der Waals surface area contributed by atoms with Crippen molar-refractivity contribution in [3.63, 3.8) is 0 Å². The van der Waals surface area contributed by atoms with E-state index in [0.29, 0.717) is 6.42 Å². The van der Waals surface area contributed by atoms with Crippen molar-refractivity contribution in [1.82, 2.24) is 0 Å². The van der Waals surface area contributed by atoms with Gasteiger partial charge in [-0.05, 0) is 6.42 Å². The summed E-state index contributed by atoms with van der Waals surface area (Å²) in [5.41, 5.74) is 0. The number of hydrogen-bond acceptors (Lipinski definition) is 3. The normalized spacial score (nSPS) is 12.0. The van der Waals surface area contributed by atoms with Gasteiger partial charge in [0, 0.05) is 6.42 Å². The molecule has 0 aromatic carbocycles. The molecule has 2 N–H and O–H groups in total. The average Bonchev–Trinajstić information content (AvgIpc) is 2.62. The molecule has 0 aromatic heterocycles. The Kier molecular flexibility index (Phi) is 17.1. The lowest BCUT2D eigenvalue weighted by atomic mass is 9.95. The van der Waals surface area contributed by atoms with E-state index < -0.39 is 30.1 Å². The van der Waals surface area contributed by atoms with Crippen molar-refractivity contribution in [2.75, 3.05) is 0 Å². The molecule has 5 nitrogen and oxygen atoms in total. The molecule has 0 rings (SSSR count). The van der Waals surface area contributed by atoms with Crippen molar-refractivity contribution >= 4 is 17.7 Å². The molecule has 0 aliphatic heterocycles. The number of hydrogen-bond donors (Lipinski definition) is 2. The zero-order chi connectivity index (χ0) is 20.3. The molecule has 158 valence electrons. The smallest absolute Gasteiger partial charge is 0.314 e. The van der Waals surface area contributed by atoms with Crippen molar-refractivity contribution in [2.45, 2.75) is 116 Å². The molecule has 1 atom stereocenters. The van der Waals surface area contributed by atoms with Crippen LogP contribution in [0.15, 0.2) is 0 Å². The average molecular weight is 385 g/mol. The molecule has 0 aliphatic carbocycles. The molecule has 1 unspecified atom stereocenters. The minimum Gasteiger partial charge on any atom is -0.481 e. The third-order valence-electron chi connectivity index (χ3n) is 5.09. The van der Waals surface area contributed by atoms with Gasteiger partial charge in [-0.3, -0.25) is 14.4 Å². The van der Waals surface area contributed by atoms with Crippen LogP contribution in [-0.4, -0.2) is 27.9 Å². The number of carboxylic acids is 2. The molecule has 0 aliphatic rings. The maximum atomic E-state index is 11.8. The predicted molar refractivity (Wildman–Crippen MR) is 108 cm³/mol. The fourth-order valence-corrected chi connectivity index (χ4v) is 3.36. The van der Waals surface area contributed by atoms with Crippen molar-refractivity contribution in [2.24, 2.45) is 5.92 Å². The third-order valence-corrected chi connectivity index (χ3v) is 5.09. The highest BCUT2D eigenvalue weighted by atomic mass is 16.4. The van der Waals surface area contributed by atoms with Gasteiger partial charge in [-0.15, -0.1) is 0 Å². The fourth-order valence-electron chi connectivity index (χ4n) is 3.36. The van der Waals surface area contributed by atoms with Crippen molar-refractivity contribution in [3.05, 3.63) is 0 Å². The summed E-state index contributed by atoms with van der Waals surface area (Å²) in [5.74, 6) is -4.43. The summed E-state index contributed by atoms with van der Waals surface area (Å²) in [4.78, 5) is 33.4. The van der Waals surface area contributed by atoms with E-state index >= 15 is 0 Å². The van der Waals surface area contributed by atoms with Crippen LogP contribution in [0.4, 0.5) is 0 Å². The molecule has 0 amide bonds. The maximum absolute atomic E-state index is 11.8. The zero-order valence-corrected chi connectivity index (χ0v) is 17.2. The van der Waals surface area contributed by atoms with Gasteiger partial charge in [0.05, 0.1) is 6.42 Å². The van der Waals surface area contributed by atoms with E-state index in [4.69, 9.17) is 10.2 Å². The van der Waals surface area contributed by atoms with E-state index in [1.54, 1.807) is 0 Å². The number of carbonyl (C=O) groups excluding carboxylic acids is 1. The quantitative estimate of drug-likeness (QED) is 0.199. The molecule has 5 heteroatoms. The molecule has 0 radical (unpaired) electrons.